The van der Waals surface area contributed by atoms with Crippen molar-refractivity contribution in [2.24, 2.45) is 0 Å². The van der Waals surface area contributed by atoms with E-state index in [-0.39, 0.29) is 0 Å². The van der Waals surface area contributed by atoms with Crippen LogP contribution in [0.5, 0.6) is 5.75 Å². The Morgan fingerprint density at radius 3 is 2.59 bits per heavy atom. The van der Waals surface area contributed by atoms with Gasteiger partial charge in [-0.15, -0.1) is 0 Å². The van der Waals surface area contributed by atoms with Crippen LogP contribution in [-0.2, 0) is 0 Å². The van der Waals surface area contributed by atoms with Crippen molar-refractivity contribution in [1.29, 1.82) is 0 Å². The van der Waals surface area contributed by atoms with Crippen molar-refractivity contribution in [1.82, 2.24) is 9.80 Å². The quantitative estimate of drug-likeness (QED) is 0.629. The molecule has 2 aromatic rings. The predicted molar refractivity (Wildman–Crippen MR) is 119 cm³/mol. The van der Waals surface area contributed by atoms with Gasteiger partial charge in [-0.1, -0.05) is 42.8 Å². The third kappa shape index (κ3) is 4.22. The summed E-state index contributed by atoms with van der Waals surface area (Å²) in [7, 11) is 0. The van der Waals surface area contributed by atoms with Crippen LogP contribution in [0.25, 0.3) is 0 Å². The first kappa shape index (κ1) is 19.1. The lowest BCUT2D eigenvalue weighted by molar-refractivity contribution is 0.204. The highest BCUT2D eigenvalue weighted by atomic mass is 16.5. The summed E-state index contributed by atoms with van der Waals surface area (Å²) in [6.45, 7) is 6.93. The Bertz CT molecular complexity index is 800. The fourth-order valence-corrected chi connectivity index (χ4v) is 5.61. The second-order valence-electron chi connectivity index (χ2n) is 9.01. The number of likely N-dealkylation sites (tertiary alicyclic amines) is 1. The molecule has 3 aliphatic heterocycles. The zero-order valence-corrected chi connectivity index (χ0v) is 17.6. The molecule has 2 aromatic carbocycles. The molecule has 2 fully saturated rings. The minimum atomic E-state index is 0.480. The van der Waals surface area contributed by atoms with Crippen LogP contribution in [0.3, 0.4) is 0 Å². The van der Waals surface area contributed by atoms with Crippen LogP contribution < -0.4 is 4.74 Å². The van der Waals surface area contributed by atoms with Crippen LogP contribution in [0.4, 0.5) is 0 Å². The van der Waals surface area contributed by atoms with Crippen molar-refractivity contribution in [3.63, 3.8) is 0 Å². The van der Waals surface area contributed by atoms with E-state index < -0.39 is 0 Å². The van der Waals surface area contributed by atoms with E-state index in [1.807, 2.05) is 0 Å². The fraction of sp³-hybridized carbons (Fsp3) is 0.538. The van der Waals surface area contributed by atoms with Crippen LogP contribution in [-0.4, -0.2) is 49.1 Å². The summed E-state index contributed by atoms with van der Waals surface area (Å²) in [5.74, 6) is 1.54. The Morgan fingerprint density at radius 2 is 1.72 bits per heavy atom. The average molecular weight is 391 g/mol. The predicted octanol–water partition coefficient (Wildman–Crippen LogP) is 5.22. The Morgan fingerprint density at radius 1 is 0.862 bits per heavy atom. The van der Waals surface area contributed by atoms with Gasteiger partial charge in [0.2, 0.25) is 0 Å². The third-order valence-corrected chi connectivity index (χ3v) is 7.11. The summed E-state index contributed by atoms with van der Waals surface area (Å²) in [6, 6.07) is 18.5. The summed E-state index contributed by atoms with van der Waals surface area (Å²) in [5, 5.41) is 0. The van der Waals surface area contributed by atoms with Crippen LogP contribution >= 0.6 is 0 Å². The van der Waals surface area contributed by atoms with Gasteiger partial charge in [0.15, 0.2) is 0 Å². The summed E-state index contributed by atoms with van der Waals surface area (Å²) in [6.07, 6.45) is 7.86. The van der Waals surface area contributed by atoms with Gasteiger partial charge in [0.25, 0.3) is 0 Å². The van der Waals surface area contributed by atoms with Gasteiger partial charge in [-0.25, -0.2) is 0 Å². The van der Waals surface area contributed by atoms with Gasteiger partial charge < -0.3 is 9.64 Å². The van der Waals surface area contributed by atoms with Gasteiger partial charge in [0.1, 0.15) is 5.75 Å². The normalized spacial score (nSPS) is 24.8. The number of hydrogen-bond donors (Lipinski definition) is 0. The van der Waals surface area contributed by atoms with E-state index in [0.717, 1.165) is 25.3 Å². The molecule has 0 unspecified atom stereocenters. The van der Waals surface area contributed by atoms with Gasteiger partial charge in [0.05, 0.1) is 6.61 Å². The highest BCUT2D eigenvalue weighted by Gasteiger charge is 2.36. The summed E-state index contributed by atoms with van der Waals surface area (Å²) >= 11 is 0. The molecule has 3 heteroatoms. The van der Waals surface area contributed by atoms with Gasteiger partial charge in [0, 0.05) is 25.0 Å². The topological polar surface area (TPSA) is 15.7 Å². The largest absolute Gasteiger partial charge is 0.494 e. The van der Waals surface area contributed by atoms with E-state index in [4.69, 9.17) is 4.74 Å². The Kier molecular flexibility index (Phi) is 5.87. The van der Waals surface area contributed by atoms with Crippen LogP contribution in [0.2, 0.25) is 0 Å². The number of nitrogens with zero attached hydrogens (tertiary/aromatic N) is 2. The van der Waals surface area contributed by atoms with E-state index in [1.54, 1.807) is 0 Å². The maximum atomic E-state index is 6.21. The minimum Gasteiger partial charge on any atom is -0.494 e. The average Bonchev–Trinajstić information content (AvgIpc) is 3.26. The number of rotatable bonds is 6. The molecule has 0 amide bonds. The fourth-order valence-electron chi connectivity index (χ4n) is 5.61. The molecule has 0 aliphatic carbocycles. The van der Waals surface area contributed by atoms with Gasteiger partial charge in [-0.05, 0) is 80.6 Å². The Balaban J connectivity index is 1.29. The molecule has 0 radical (unpaired) electrons. The zero-order valence-electron chi connectivity index (χ0n) is 17.6. The molecule has 0 spiro atoms. The molecule has 3 nitrogen and oxygen atoms in total. The van der Waals surface area contributed by atoms with Crippen LogP contribution in [0, 0.1) is 0 Å². The summed E-state index contributed by atoms with van der Waals surface area (Å²) in [5.41, 5.74) is 4.46. The highest BCUT2D eigenvalue weighted by Crippen LogP contribution is 2.45. The third-order valence-electron chi connectivity index (χ3n) is 7.11. The van der Waals surface area contributed by atoms with Crippen molar-refractivity contribution in [2.45, 2.75) is 50.5 Å². The van der Waals surface area contributed by atoms with E-state index in [0.29, 0.717) is 12.0 Å². The van der Waals surface area contributed by atoms with Gasteiger partial charge in [-0.2, -0.15) is 0 Å². The second-order valence-corrected chi connectivity index (χ2v) is 9.01. The molecule has 0 saturated carbocycles. The van der Waals surface area contributed by atoms with Crippen molar-refractivity contribution >= 4 is 0 Å². The lowest BCUT2D eigenvalue weighted by atomic mass is 9.81. The monoisotopic (exact) mass is 390 g/mol. The summed E-state index contributed by atoms with van der Waals surface area (Å²) < 4.78 is 6.21. The summed E-state index contributed by atoms with van der Waals surface area (Å²) in [4.78, 5) is 5.29. The van der Waals surface area contributed by atoms with Crippen LogP contribution in [0.15, 0.2) is 48.5 Å². The smallest absolute Gasteiger partial charge is 0.119 e. The molecular formula is C26H34N2O. The first-order chi connectivity index (χ1) is 14.4. The first-order valence-corrected chi connectivity index (χ1v) is 11.7. The lowest BCUT2D eigenvalue weighted by Gasteiger charge is -2.37. The van der Waals surface area contributed by atoms with E-state index in [1.165, 1.54) is 75.0 Å². The molecule has 3 aliphatic rings. The molecule has 154 valence electrons. The van der Waals surface area contributed by atoms with Gasteiger partial charge >= 0.3 is 0 Å². The SMILES string of the molecule is c1ccc([C@@H]2CN3CCC[C@H]3c3cc(OCCCN4CCCCC4)ccc32)cc1. The highest BCUT2D eigenvalue weighted by molar-refractivity contribution is 5.46. The molecule has 5 rings (SSSR count). The minimum absolute atomic E-state index is 0.480. The molecule has 2 atom stereocenters. The number of piperidine rings is 1. The molecule has 3 heterocycles. The maximum absolute atomic E-state index is 6.21. The van der Waals surface area contributed by atoms with E-state index in [2.05, 4.69) is 58.3 Å². The van der Waals surface area contributed by atoms with Crippen LogP contribution in [0.1, 0.15) is 67.2 Å². The molecule has 0 N–H and O–H groups in total. The van der Waals surface area contributed by atoms with Crippen molar-refractivity contribution in [2.75, 3.05) is 39.3 Å². The second kappa shape index (κ2) is 8.89. The Hall–Kier alpha value is -1.84. The van der Waals surface area contributed by atoms with Crippen molar-refractivity contribution in [3.8, 4) is 5.75 Å². The lowest BCUT2D eigenvalue weighted by Crippen LogP contribution is -2.34. The first-order valence-electron chi connectivity index (χ1n) is 11.7. The number of fused-ring (bicyclic) bond motifs is 3. The number of ether oxygens (including phenoxy) is 1. The van der Waals surface area contributed by atoms with E-state index in [9.17, 15) is 0 Å². The number of benzene rings is 2. The molecule has 0 aromatic heterocycles. The standard InChI is InChI=1S/C26H34N2O/c1-3-9-21(10-4-1)25-20-28-17-7-11-26(28)24-19-22(12-13-23(24)25)29-18-8-16-27-14-5-2-6-15-27/h1,3-4,9-10,12-13,19,25-26H,2,5-8,11,14-18,20H2/t25-,26-/m0/s1. The van der Waals surface area contributed by atoms with Crippen molar-refractivity contribution in [3.05, 3.63) is 65.2 Å². The van der Waals surface area contributed by atoms with Crippen molar-refractivity contribution < 1.29 is 4.74 Å². The van der Waals surface area contributed by atoms with E-state index >= 15 is 0 Å². The molecule has 29 heavy (non-hydrogen) atoms. The maximum Gasteiger partial charge on any atom is 0.119 e. The zero-order chi connectivity index (χ0) is 19.5. The Labute approximate surface area is 175 Å². The molecule has 0 bridgehead atoms. The number of hydrogen-bond acceptors (Lipinski definition) is 3. The van der Waals surface area contributed by atoms with Gasteiger partial charge in [-0.3, -0.25) is 4.90 Å². The molecule has 2 saturated heterocycles. The molecular weight excluding hydrogens is 356 g/mol.